The van der Waals surface area contributed by atoms with Crippen LogP contribution in [0.2, 0.25) is 0 Å². The summed E-state index contributed by atoms with van der Waals surface area (Å²) >= 11 is 0. The van der Waals surface area contributed by atoms with Gasteiger partial charge in [-0.25, -0.2) is 12.8 Å². The molecule has 5 nitrogen and oxygen atoms in total. The predicted molar refractivity (Wildman–Crippen MR) is 64.9 cm³/mol. The van der Waals surface area contributed by atoms with Crippen LogP contribution in [-0.4, -0.2) is 38.8 Å². The number of sulfonamides is 1. The lowest BCUT2D eigenvalue weighted by Gasteiger charge is -2.16. The van der Waals surface area contributed by atoms with E-state index in [9.17, 15) is 17.6 Å². The van der Waals surface area contributed by atoms with E-state index in [4.69, 9.17) is 0 Å². The third-order valence-corrected chi connectivity index (χ3v) is 4.08. The quantitative estimate of drug-likeness (QED) is 0.854. The highest BCUT2D eigenvalue weighted by Crippen LogP contribution is 2.14. The van der Waals surface area contributed by atoms with Crippen molar-refractivity contribution in [2.45, 2.75) is 11.8 Å². The fourth-order valence-corrected chi connectivity index (χ4v) is 2.45. The highest BCUT2D eigenvalue weighted by Gasteiger charge is 2.22. The molecule has 1 amide bonds. The Morgan fingerprint density at radius 3 is 2.39 bits per heavy atom. The average molecular weight is 274 g/mol. The molecular formula is C11H15FN2O3S. The molecule has 0 bridgehead atoms. The highest BCUT2D eigenvalue weighted by molar-refractivity contribution is 7.89. The first-order valence-corrected chi connectivity index (χ1v) is 6.80. The molecule has 0 aliphatic rings. The van der Waals surface area contributed by atoms with Gasteiger partial charge in [0.1, 0.15) is 5.82 Å². The van der Waals surface area contributed by atoms with Crippen LogP contribution in [0, 0.1) is 5.82 Å². The zero-order valence-electron chi connectivity index (χ0n) is 10.2. The number of hydrogen-bond acceptors (Lipinski definition) is 3. The molecule has 0 spiro atoms. The normalized spacial score (nSPS) is 11.6. The van der Waals surface area contributed by atoms with Gasteiger partial charge in [-0.3, -0.25) is 4.79 Å². The highest BCUT2D eigenvalue weighted by atomic mass is 32.2. The van der Waals surface area contributed by atoms with Crippen molar-refractivity contribution in [1.29, 1.82) is 0 Å². The minimum absolute atomic E-state index is 0.0456. The molecule has 0 saturated carbocycles. The van der Waals surface area contributed by atoms with E-state index < -0.39 is 15.8 Å². The monoisotopic (exact) mass is 274 g/mol. The van der Waals surface area contributed by atoms with Crippen LogP contribution < -0.4 is 5.32 Å². The maximum Gasteiger partial charge on any atom is 0.243 e. The molecule has 1 aromatic carbocycles. The Labute approximate surface area is 106 Å². The fourth-order valence-electron chi connectivity index (χ4n) is 1.33. The first-order valence-electron chi connectivity index (χ1n) is 5.36. The van der Waals surface area contributed by atoms with Gasteiger partial charge in [0.05, 0.1) is 11.4 Å². The summed E-state index contributed by atoms with van der Waals surface area (Å²) in [6, 6.07) is 4.46. The van der Waals surface area contributed by atoms with E-state index in [-0.39, 0.29) is 17.3 Å². The molecule has 100 valence electrons. The Morgan fingerprint density at radius 2 is 1.89 bits per heavy atom. The second-order valence-corrected chi connectivity index (χ2v) is 5.71. The molecule has 0 heterocycles. The topological polar surface area (TPSA) is 66.5 Å². The second kappa shape index (κ2) is 5.92. The van der Waals surface area contributed by atoms with Gasteiger partial charge >= 0.3 is 0 Å². The Hall–Kier alpha value is -1.47. The zero-order valence-corrected chi connectivity index (χ0v) is 11.0. The summed E-state index contributed by atoms with van der Waals surface area (Å²) in [7, 11) is -2.46. The molecule has 0 aliphatic heterocycles. The lowest BCUT2D eigenvalue weighted by atomic mass is 10.4. The van der Waals surface area contributed by atoms with Crippen molar-refractivity contribution >= 4 is 15.9 Å². The molecule has 18 heavy (non-hydrogen) atoms. The summed E-state index contributed by atoms with van der Waals surface area (Å²) in [4.78, 5) is 11.3. The van der Waals surface area contributed by atoms with Crippen LogP contribution in [0.4, 0.5) is 4.39 Å². The number of likely N-dealkylation sites (N-methyl/N-ethyl adjacent to an activating group) is 2. The number of carbonyl (C=O) groups is 1. The van der Waals surface area contributed by atoms with Gasteiger partial charge in [0, 0.05) is 13.6 Å². The minimum Gasteiger partial charge on any atom is -0.355 e. The standard InChI is InChI=1S/C11H15FN2O3S/c1-3-13-11(15)8-14(2)18(16,17)10-6-4-9(12)5-7-10/h4-7H,3,8H2,1-2H3,(H,13,15). The van der Waals surface area contributed by atoms with Gasteiger partial charge < -0.3 is 5.32 Å². The number of rotatable bonds is 5. The van der Waals surface area contributed by atoms with Gasteiger partial charge in [-0.2, -0.15) is 4.31 Å². The van der Waals surface area contributed by atoms with Crippen LogP contribution >= 0.6 is 0 Å². The number of amides is 1. The molecule has 0 aromatic heterocycles. The van der Waals surface area contributed by atoms with Crippen molar-refractivity contribution in [1.82, 2.24) is 9.62 Å². The van der Waals surface area contributed by atoms with E-state index in [0.29, 0.717) is 6.54 Å². The van der Waals surface area contributed by atoms with E-state index in [2.05, 4.69) is 5.32 Å². The minimum atomic E-state index is -3.76. The molecule has 0 atom stereocenters. The van der Waals surface area contributed by atoms with Crippen LogP contribution in [0.3, 0.4) is 0 Å². The largest absolute Gasteiger partial charge is 0.355 e. The molecule has 0 aliphatic carbocycles. The Balaban J connectivity index is 2.86. The van der Waals surface area contributed by atoms with Crippen molar-refractivity contribution in [2.75, 3.05) is 20.1 Å². The molecule has 1 aromatic rings. The fraction of sp³-hybridized carbons (Fsp3) is 0.364. The average Bonchev–Trinajstić information content (AvgIpc) is 2.29. The molecule has 0 saturated heterocycles. The summed E-state index contributed by atoms with van der Waals surface area (Å²) in [6.45, 7) is 1.91. The van der Waals surface area contributed by atoms with Crippen molar-refractivity contribution in [2.24, 2.45) is 0 Å². The summed E-state index contributed by atoms with van der Waals surface area (Å²) < 4.78 is 37.6. The number of halogens is 1. The SMILES string of the molecule is CCNC(=O)CN(C)S(=O)(=O)c1ccc(F)cc1. The third kappa shape index (κ3) is 3.51. The van der Waals surface area contributed by atoms with E-state index >= 15 is 0 Å². The van der Waals surface area contributed by atoms with Gasteiger partial charge in [0.15, 0.2) is 0 Å². The Bertz CT molecular complexity index is 514. The van der Waals surface area contributed by atoms with E-state index in [1.54, 1.807) is 6.92 Å². The predicted octanol–water partition coefficient (Wildman–Crippen LogP) is 0.582. The molecule has 1 N–H and O–H groups in total. The first kappa shape index (κ1) is 14.6. The van der Waals surface area contributed by atoms with Gasteiger partial charge in [0.2, 0.25) is 15.9 Å². The maximum absolute atomic E-state index is 12.7. The van der Waals surface area contributed by atoms with Crippen LogP contribution in [0.1, 0.15) is 6.92 Å². The van der Waals surface area contributed by atoms with Gasteiger partial charge in [0.25, 0.3) is 0 Å². The van der Waals surface area contributed by atoms with Crippen molar-refractivity contribution < 1.29 is 17.6 Å². The van der Waals surface area contributed by atoms with Crippen molar-refractivity contribution in [3.8, 4) is 0 Å². The van der Waals surface area contributed by atoms with Gasteiger partial charge in [-0.15, -0.1) is 0 Å². The Kier molecular flexibility index (Phi) is 4.80. The number of carbonyl (C=O) groups excluding carboxylic acids is 1. The number of nitrogens with zero attached hydrogens (tertiary/aromatic N) is 1. The smallest absolute Gasteiger partial charge is 0.243 e. The number of benzene rings is 1. The molecule has 0 radical (unpaired) electrons. The number of hydrogen-bond donors (Lipinski definition) is 1. The second-order valence-electron chi connectivity index (χ2n) is 3.67. The Morgan fingerprint density at radius 1 is 1.33 bits per heavy atom. The van der Waals surface area contributed by atoms with E-state index in [1.165, 1.54) is 19.2 Å². The molecular weight excluding hydrogens is 259 g/mol. The van der Waals surface area contributed by atoms with Crippen LogP contribution in [0.15, 0.2) is 29.2 Å². The summed E-state index contributed by atoms with van der Waals surface area (Å²) in [5, 5.41) is 2.50. The van der Waals surface area contributed by atoms with Crippen LogP contribution in [0.5, 0.6) is 0 Å². The molecule has 7 heteroatoms. The summed E-state index contributed by atoms with van der Waals surface area (Å²) in [5.74, 6) is -0.897. The summed E-state index contributed by atoms with van der Waals surface area (Å²) in [5.41, 5.74) is 0. The summed E-state index contributed by atoms with van der Waals surface area (Å²) in [6.07, 6.45) is 0. The molecule has 0 unspecified atom stereocenters. The van der Waals surface area contributed by atoms with E-state index in [1.807, 2.05) is 0 Å². The van der Waals surface area contributed by atoms with Crippen LogP contribution in [-0.2, 0) is 14.8 Å². The number of nitrogens with one attached hydrogen (secondary N) is 1. The lowest BCUT2D eigenvalue weighted by molar-refractivity contribution is -0.121. The first-order chi connectivity index (χ1) is 8.37. The zero-order chi connectivity index (χ0) is 13.8. The third-order valence-electron chi connectivity index (χ3n) is 2.26. The van der Waals surface area contributed by atoms with Crippen LogP contribution in [0.25, 0.3) is 0 Å². The lowest BCUT2D eigenvalue weighted by Crippen LogP contribution is -2.38. The van der Waals surface area contributed by atoms with Crippen molar-refractivity contribution in [3.05, 3.63) is 30.1 Å². The van der Waals surface area contributed by atoms with E-state index in [0.717, 1.165) is 16.4 Å². The van der Waals surface area contributed by atoms with Crippen molar-refractivity contribution in [3.63, 3.8) is 0 Å². The van der Waals surface area contributed by atoms with Gasteiger partial charge in [-0.05, 0) is 31.2 Å². The molecule has 1 rings (SSSR count). The molecule has 0 fully saturated rings. The van der Waals surface area contributed by atoms with Gasteiger partial charge in [-0.1, -0.05) is 0 Å². The maximum atomic E-state index is 12.7.